The van der Waals surface area contributed by atoms with Crippen LogP contribution in [0.4, 0.5) is 0 Å². The first-order valence-electron chi connectivity index (χ1n) is 4.48. The quantitative estimate of drug-likeness (QED) is 0.600. The zero-order valence-electron chi connectivity index (χ0n) is 7.94. The minimum atomic E-state index is 0.217. The van der Waals surface area contributed by atoms with Gasteiger partial charge in [-0.15, -0.1) is 0 Å². The number of aromatic nitrogens is 2. The molecule has 3 heteroatoms. The van der Waals surface area contributed by atoms with E-state index in [-0.39, 0.29) is 6.42 Å². The third kappa shape index (κ3) is 2.10. The Balaban J connectivity index is 2.41. The largest absolute Gasteiger partial charge is 0.252 e. The molecule has 0 fully saturated rings. The highest BCUT2D eigenvalue weighted by Gasteiger charge is 1.95. The Labute approximate surface area is 87.4 Å². The molecule has 70 valence electrons. The number of hydrogen-bond donors (Lipinski definition) is 0. The molecular formula is C12H7N3. The minimum absolute atomic E-state index is 0.217. The summed E-state index contributed by atoms with van der Waals surface area (Å²) in [5.74, 6) is 5.49. The van der Waals surface area contributed by atoms with Crippen molar-refractivity contribution in [3.8, 4) is 17.9 Å². The summed E-state index contributed by atoms with van der Waals surface area (Å²) in [5.41, 5.74) is 2.27. The summed E-state index contributed by atoms with van der Waals surface area (Å²) in [6.07, 6.45) is 1.83. The van der Waals surface area contributed by atoms with Gasteiger partial charge in [0, 0.05) is 0 Å². The fraction of sp³-hybridized carbons (Fsp3) is 0.0833. The van der Waals surface area contributed by atoms with Gasteiger partial charge < -0.3 is 0 Å². The topological polar surface area (TPSA) is 49.6 Å². The molecular weight excluding hydrogens is 186 g/mol. The fourth-order valence-electron chi connectivity index (χ4n) is 1.19. The Morgan fingerprint density at radius 1 is 1.20 bits per heavy atom. The number of rotatable bonds is 0. The first kappa shape index (κ1) is 9.18. The summed E-state index contributed by atoms with van der Waals surface area (Å²) in [4.78, 5) is 8.51. The van der Waals surface area contributed by atoms with Gasteiger partial charge in [0.05, 0.1) is 29.7 Å². The van der Waals surface area contributed by atoms with Gasteiger partial charge in [-0.05, 0) is 18.1 Å². The monoisotopic (exact) mass is 193 g/mol. The van der Waals surface area contributed by atoms with Gasteiger partial charge in [-0.25, -0.2) is 4.98 Å². The molecule has 2 rings (SSSR count). The molecule has 0 saturated heterocycles. The van der Waals surface area contributed by atoms with E-state index in [1.165, 1.54) is 0 Å². The summed E-state index contributed by atoms with van der Waals surface area (Å²) < 4.78 is 0. The summed E-state index contributed by atoms with van der Waals surface area (Å²) in [6, 6.07) is 9.56. The third-order valence-corrected chi connectivity index (χ3v) is 1.83. The van der Waals surface area contributed by atoms with Crippen LogP contribution < -0.4 is 0 Å². The lowest BCUT2D eigenvalue weighted by Gasteiger charge is -1.95. The molecule has 0 bridgehead atoms. The SMILES string of the molecule is N#CCC#Cc1cnc2ccccc2n1. The second-order valence-corrected chi connectivity index (χ2v) is 2.88. The molecule has 0 radical (unpaired) electrons. The Morgan fingerprint density at radius 3 is 2.80 bits per heavy atom. The van der Waals surface area contributed by atoms with E-state index in [1.807, 2.05) is 30.3 Å². The Morgan fingerprint density at radius 2 is 2.00 bits per heavy atom. The van der Waals surface area contributed by atoms with E-state index < -0.39 is 0 Å². The van der Waals surface area contributed by atoms with Crippen LogP contribution in [0.3, 0.4) is 0 Å². The zero-order valence-corrected chi connectivity index (χ0v) is 7.94. The molecule has 15 heavy (non-hydrogen) atoms. The predicted molar refractivity (Wildman–Crippen MR) is 56.6 cm³/mol. The van der Waals surface area contributed by atoms with Crippen LogP contribution in [0.2, 0.25) is 0 Å². The molecule has 0 unspecified atom stereocenters. The first-order valence-corrected chi connectivity index (χ1v) is 4.48. The molecule has 0 aliphatic rings. The summed E-state index contributed by atoms with van der Waals surface area (Å²) >= 11 is 0. The zero-order chi connectivity index (χ0) is 10.5. The lowest BCUT2D eigenvalue weighted by Crippen LogP contribution is -1.87. The van der Waals surface area contributed by atoms with Gasteiger partial charge in [0.1, 0.15) is 5.69 Å². The highest BCUT2D eigenvalue weighted by molar-refractivity contribution is 5.74. The van der Waals surface area contributed by atoms with Crippen molar-refractivity contribution >= 4 is 11.0 Å². The van der Waals surface area contributed by atoms with Crippen LogP contribution in [0.1, 0.15) is 12.1 Å². The maximum atomic E-state index is 8.33. The van der Waals surface area contributed by atoms with E-state index in [0.29, 0.717) is 5.69 Å². The average Bonchev–Trinajstić information content (AvgIpc) is 2.29. The molecule has 2 aromatic rings. The van der Waals surface area contributed by atoms with Gasteiger partial charge in [0.2, 0.25) is 0 Å². The predicted octanol–water partition coefficient (Wildman–Crippen LogP) is 1.89. The molecule has 3 nitrogen and oxygen atoms in total. The van der Waals surface area contributed by atoms with Gasteiger partial charge in [-0.2, -0.15) is 5.26 Å². The molecule has 1 aromatic heterocycles. The second kappa shape index (κ2) is 4.21. The van der Waals surface area contributed by atoms with Crippen molar-refractivity contribution in [1.29, 1.82) is 5.26 Å². The first-order chi connectivity index (χ1) is 7.40. The van der Waals surface area contributed by atoms with E-state index in [1.54, 1.807) is 6.20 Å². The minimum Gasteiger partial charge on any atom is -0.252 e. The lowest BCUT2D eigenvalue weighted by molar-refractivity contribution is 1.26. The van der Waals surface area contributed by atoms with Gasteiger partial charge in [0.25, 0.3) is 0 Å². The normalized spacial score (nSPS) is 9.00. The van der Waals surface area contributed by atoms with Gasteiger partial charge >= 0.3 is 0 Å². The third-order valence-electron chi connectivity index (χ3n) is 1.83. The van der Waals surface area contributed by atoms with Crippen LogP contribution in [0.5, 0.6) is 0 Å². The molecule has 0 atom stereocenters. The molecule has 1 aromatic carbocycles. The van der Waals surface area contributed by atoms with Crippen LogP contribution in [-0.4, -0.2) is 9.97 Å². The molecule has 0 aliphatic carbocycles. The number of nitriles is 1. The fourth-order valence-corrected chi connectivity index (χ4v) is 1.19. The Bertz CT molecular complexity index is 585. The summed E-state index contributed by atoms with van der Waals surface area (Å²) in [6.45, 7) is 0. The van der Waals surface area contributed by atoms with Crippen molar-refractivity contribution in [3.05, 3.63) is 36.2 Å². The Hall–Kier alpha value is -2.39. The Kier molecular flexibility index (Phi) is 2.58. The van der Waals surface area contributed by atoms with Gasteiger partial charge in [0.15, 0.2) is 0 Å². The summed E-state index contributed by atoms with van der Waals surface area (Å²) in [7, 11) is 0. The summed E-state index contributed by atoms with van der Waals surface area (Å²) in [5, 5.41) is 8.33. The van der Waals surface area contributed by atoms with E-state index in [2.05, 4.69) is 21.8 Å². The number of para-hydroxylation sites is 2. The van der Waals surface area contributed by atoms with E-state index in [4.69, 9.17) is 5.26 Å². The van der Waals surface area contributed by atoms with Crippen molar-refractivity contribution in [2.45, 2.75) is 6.42 Å². The van der Waals surface area contributed by atoms with Crippen LogP contribution in [0.25, 0.3) is 11.0 Å². The number of nitrogens with zero attached hydrogens (tertiary/aromatic N) is 3. The van der Waals surface area contributed by atoms with Crippen molar-refractivity contribution < 1.29 is 0 Å². The van der Waals surface area contributed by atoms with E-state index in [0.717, 1.165) is 11.0 Å². The lowest BCUT2D eigenvalue weighted by atomic mass is 10.3. The highest BCUT2D eigenvalue weighted by atomic mass is 14.8. The average molecular weight is 193 g/mol. The second-order valence-electron chi connectivity index (χ2n) is 2.88. The molecule has 1 heterocycles. The van der Waals surface area contributed by atoms with Crippen LogP contribution >= 0.6 is 0 Å². The maximum Gasteiger partial charge on any atom is 0.132 e. The van der Waals surface area contributed by atoms with Crippen molar-refractivity contribution in [3.63, 3.8) is 0 Å². The van der Waals surface area contributed by atoms with Crippen molar-refractivity contribution in [2.75, 3.05) is 0 Å². The van der Waals surface area contributed by atoms with Crippen molar-refractivity contribution in [1.82, 2.24) is 9.97 Å². The van der Waals surface area contributed by atoms with Gasteiger partial charge in [-0.3, -0.25) is 4.98 Å². The maximum absolute atomic E-state index is 8.33. The van der Waals surface area contributed by atoms with Gasteiger partial charge in [-0.1, -0.05) is 18.1 Å². The van der Waals surface area contributed by atoms with Crippen molar-refractivity contribution in [2.24, 2.45) is 0 Å². The smallest absolute Gasteiger partial charge is 0.132 e. The van der Waals surface area contributed by atoms with Crippen LogP contribution in [0, 0.1) is 23.2 Å². The highest BCUT2D eigenvalue weighted by Crippen LogP contribution is 2.07. The number of fused-ring (bicyclic) bond motifs is 1. The molecule has 0 saturated carbocycles. The van der Waals surface area contributed by atoms with Crippen LogP contribution in [0.15, 0.2) is 30.5 Å². The molecule has 0 spiro atoms. The van der Waals surface area contributed by atoms with E-state index >= 15 is 0 Å². The molecule has 0 amide bonds. The van der Waals surface area contributed by atoms with Crippen LogP contribution in [-0.2, 0) is 0 Å². The molecule has 0 N–H and O–H groups in total. The number of benzene rings is 1. The number of hydrogen-bond acceptors (Lipinski definition) is 3. The standard InChI is InChI=1S/C12H7N3/c13-8-4-3-5-10-9-14-11-6-1-2-7-12(11)15-10/h1-2,6-7,9H,4H2. The molecule has 0 aliphatic heterocycles. The van der Waals surface area contributed by atoms with E-state index in [9.17, 15) is 0 Å².